The van der Waals surface area contributed by atoms with Crippen molar-refractivity contribution in [3.63, 3.8) is 0 Å². The van der Waals surface area contributed by atoms with E-state index >= 15 is 0 Å². The van der Waals surface area contributed by atoms with Gasteiger partial charge in [-0.05, 0) is 55.2 Å². The van der Waals surface area contributed by atoms with Crippen molar-refractivity contribution in [2.45, 2.75) is 19.8 Å². The third kappa shape index (κ3) is 4.32. The first-order valence-corrected chi connectivity index (χ1v) is 9.52. The molecule has 0 spiro atoms. The van der Waals surface area contributed by atoms with Crippen LogP contribution in [0.2, 0.25) is 0 Å². The highest BCUT2D eigenvalue weighted by molar-refractivity contribution is 6.05. The molecular formula is C22H28N2O4. The Labute approximate surface area is 166 Å². The highest BCUT2D eigenvalue weighted by atomic mass is 16.5. The number of hydrogen-bond acceptors (Lipinski definition) is 5. The van der Waals surface area contributed by atoms with Crippen LogP contribution in [0.15, 0.2) is 36.4 Å². The molecule has 3 rings (SSSR count). The Morgan fingerprint density at radius 2 is 1.68 bits per heavy atom. The number of nitrogens with zero attached hydrogens (tertiary/aromatic N) is 1. The minimum atomic E-state index is -0.237. The number of methoxy groups -OCH3 is 3. The van der Waals surface area contributed by atoms with E-state index in [4.69, 9.17) is 14.2 Å². The number of benzene rings is 2. The summed E-state index contributed by atoms with van der Waals surface area (Å²) in [5.74, 6) is 1.83. The number of rotatable bonds is 6. The molecule has 1 fully saturated rings. The van der Waals surface area contributed by atoms with E-state index in [0.29, 0.717) is 28.7 Å². The van der Waals surface area contributed by atoms with Crippen molar-refractivity contribution in [3.05, 3.63) is 42.0 Å². The summed E-state index contributed by atoms with van der Waals surface area (Å²) in [5, 5.41) is 2.93. The number of nitrogens with one attached hydrogen (secondary N) is 1. The first-order chi connectivity index (χ1) is 13.5. The van der Waals surface area contributed by atoms with E-state index < -0.39 is 0 Å². The molecule has 1 aliphatic heterocycles. The number of amides is 1. The van der Waals surface area contributed by atoms with E-state index in [-0.39, 0.29) is 5.91 Å². The van der Waals surface area contributed by atoms with Crippen molar-refractivity contribution in [1.82, 2.24) is 0 Å². The van der Waals surface area contributed by atoms with Crippen LogP contribution in [0, 0.1) is 5.92 Å². The number of piperidine rings is 1. The molecule has 28 heavy (non-hydrogen) atoms. The van der Waals surface area contributed by atoms with Crippen LogP contribution in [0.5, 0.6) is 17.2 Å². The van der Waals surface area contributed by atoms with Gasteiger partial charge in [-0.25, -0.2) is 0 Å². The fourth-order valence-corrected chi connectivity index (χ4v) is 3.59. The zero-order chi connectivity index (χ0) is 20.1. The van der Waals surface area contributed by atoms with Gasteiger partial charge in [-0.2, -0.15) is 0 Å². The number of ether oxygens (including phenoxy) is 3. The molecule has 1 unspecified atom stereocenters. The fourth-order valence-electron chi connectivity index (χ4n) is 3.59. The zero-order valence-corrected chi connectivity index (χ0v) is 17.0. The number of hydrogen-bond donors (Lipinski definition) is 1. The Balaban J connectivity index is 1.74. The van der Waals surface area contributed by atoms with E-state index in [9.17, 15) is 4.79 Å². The topological polar surface area (TPSA) is 60.0 Å². The van der Waals surface area contributed by atoms with Gasteiger partial charge in [0.1, 0.15) is 0 Å². The Morgan fingerprint density at radius 3 is 2.21 bits per heavy atom. The van der Waals surface area contributed by atoms with Crippen molar-refractivity contribution in [2.75, 3.05) is 44.6 Å². The molecule has 1 aliphatic rings. The van der Waals surface area contributed by atoms with Gasteiger partial charge in [-0.1, -0.05) is 6.92 Å². The molecule has 0 bridgehead atoms. The molecule has 6 nitrogen and oxygen atoms in total. The van der Waals surface area contributed by atoms with Crippen LogP contribution >= 0.6 is 0 Å². The largest absolute Gasteiger partial charge is 0.493 e. The zero-order valence-electron chi connectivity index (χ0n) is 17.0. The molecule has 0 aromatic heterocycles. The first kappa shape index (κ1) is 19.9. The van der Waals surface area contributed by atoms with Crippen LogP contribution in [-0.4, -0.2) is 40.3 Å². The van der Waals surface area contributed by atoms with Crippen LogP contribution in [0.3, 0.4) is 0 Å². The third-order valence-corrected chi connectivity index (χ3v) is 5.07. The molecule has 150 valence electrons. The molecular weight excluding hydrogens is 356 g/mol. The summed E-state index contributed by atoms with van der Waals surface area (Å²) >= 11 is 0. The molecule has 0 radical (unpaired) electrons. The van der Waals surface area contributed by atoms with Crippen LogP contribution in [-0.2, 0) is 0 Å². The lowest BCUT2D eigenvalue weighted by atomic mass is 10.00. The van der Waals surface area contributed by atoms with Crippen molar-refractivity contribution >= 4 is 17.3 Å². The highest BCUT2D eigenvalue weighted by Gasteiger charge is 2.18. The molecule has 2 aromatic carbocycles. The average Bonchev–Trinajstić information content (AvgIpc) is 2.73. The van der Waals surface area contributed by atoms with Crippen molar-refractivity contribution in [1.29, 1.82) is 0 Å². The number of carbonyl (C=O) groups excluding carboxylic acids is 1. The quantitative estimate of drug-likeness (QED) is 0.809. The summed E-state index contributed by atoms with van der Waals surface area (Å²) in [6.07, 6.45) is 2.51. The Kier molecular flexibility index (Phi) is 6.29. The predicted molar refractivity (Wildman–Crippen MR) is 111 cm³/mol. The second-order valence-corrected chi connectivity index (χ2v) is 7.11. The fraction of sp³-hybridized carbons (Fsp3) is 0.409. The van der Waals surface area contributed by atoms with Gasteiger partial charge < -0.3 is 24.4 Å². The lowest BCUT2D eigenvalue weighted by molar-refractivity contribution is 0.102. The highest BCUT2D eigenvalue weighted by Crippen LogP contribution is 2.38. The van der Waals surface area contributed by atoms with Crippen molar-refractivity contribution in [3.8, 4) is 17.2 Å². The van der Waals surface area contributed by atoms with Crippen LogP contribution in [0.4, 0.5) is 11.4 Å². The van der Waals surface area contributed by atoms with Gasteiger partial charge in [0, 0.05) is 30.0 Å². The maximum absolute atomic E-state index is 12.7. The number of carbonyl (C=O) groups is 1. The minimum absolute atomic E-state index is 0.237. The van der Waals surface area contributed by atoms with Gasteiger partial charge in [-0.15, -0.1) is 0 Å². The van der Waals surface area contributed by atoms with E-state index in [0.717, 1.165) is 18.8 Å². The maximum Gasteiger partial charge on any atom is 0.255 e. The molecule has 1 N–H and O–H groups in total. The van der Waals surface area contributed by atoms with Gasteiger partial charge in [0.05, 0.1) is 21.3 Å². The molecule has 0 saturated carbocycles. The van der Waals surface area contributed by atoms with Gasteiger partial charge in [0.15, 0.2) is 11.5 Å². The van der Waals surface area contributed by atoms with E-state index in [1.807, 2.05) is 12.1 Å². The number of anilines is 2. The average molecular weight is 384 g/mol. The van der Waals surface area contributed by atoms with E-state index in [1.165, 1.54) is 39.9 Å². The monoisotopic (exact) mass is 384 g/mol. The van der Waals surface area contributed by atoms with E-state index in [2.05, 4.69) is 29.3 Å². The summed E-state index contributed by atoms with van der Waals surface area (Å²) in [6.45, 7) is 4.46. The normalized spacial score (nSPS) is 16.4. The lowest BCUT2D eigenvalue weighted by Gasteiger charge is -2.32. The predicted octanol–water partition coefficient (Wildman–Crippen LogP) is 4.20. The first-order valence-electron chi connectivity index (χ1n) is 9.52. The smallest absolute Gasteiger partial charge is 0.255 e. The second kappa shape index (κ2) is 8.87. The lowest BCUT2D eigenvalue weighted by Crippen LogP contribution is -2.34. The molecule has 1 heterocycles. The molecule has 0 aliphatic carbocycles. The van der Waals surface area contributed by atoms with E-state index in [1.54, 1.807) is 12.1 Å². The molecule has 1 amide bonds. The molecule has 1 saturated heterocycles. The second-order valence-electron chi connectivity index (χ2n) is 7.11. The molecule has 2 aromatic rings. The van der Waals surface area contributed by atoms with Gasteiger partial charge in [0.25, 0.3) is 5.91 Å². The Bertz CT molecular complexity index is 795. The van der Waals surface area contributed by atoms with Crippen molar-refractivity contribution < 1.29 is 19.0 Å². The maximum atomic E-state index is 12.7. The SMILES string of the molecule is COc1cc(C(=O)Nc2ccc(N3CCCC(C)C3)cc2)cc(OC)c1OC. The molecule has 1 atom stereocenters. The Morgan fingerprint density at radius 1 is 1.04 bits per heavy atom. The van der Waals surface area contributed by atoms with Gasteiger partial charge >= 0.3 is 0 Å². The summed E-state index contributed by atoms with van der Waals surface area (Å²) in [5.41, 5.74) is 2.37. The summed E-state index contributed by atoms with van der Waals surface area (Å²) in [7, 11) is 4.59. The standard InChI is InChI=1S/C22H28N2O4/c1-15-6-5-11-24(14-15)18-9-7-17(8-10-18)23-22(25)16-12-19(26-2)21(28-4)20(13-16)27-3/h7-10,12-13,15H,5-6,11,14H2,1-4H3,(H,23,25). The summed E-state index contributed by atoms with van der Waals surface area (Å²) in [6, 6.07) is 11.3. The third-order valence-electron chi connectivity index (χ3n) is 5.07. The summed E-state index contributed by atoms with van der Waals surface area (Å²) in [4.78, 5) is 15.1. The van der Waals surface area contributed by atoms with Gasteiger partial charge in [0.2, 0.25) is 5.75 Å². The molecule has 6 heteroatoms. The van der Waals surface area contributed by atoms with Gasteiger partial charge in [-0.3, -0.25) is 4.79 Å². The Hall–Kier alpha value is -2.89. The van der Waals surface area contributed by atoms with Crippen LogP contribution < -0.4 is 24.4 Å². The van der Waals surface area contributed by atoms with Crippen LogP contribution in [0.25, 0.3) is 0 Å². The minimum Gasteiger partial charge on any atom is -0.493 e. The van der Waals surface area contributed by atoms with Crippen molar-refractivity contribution in [2.24, 2.45) is 5.92 Å². The van der Waals surface area contributed by atoms with Crippen LogP contribution in [0.1, 0.15) is 30.1 Å². The summed E-state index contributed by atoms with van der Waals surface area (Å²) < 4.78 is 15.9.